The fourth-order valence-electron chi connectivity index (χ4n) is 2.22. The average Bonchev–Trinajstić information content (AvgIpc) is 2.68. The van der Waals surface area contributed by atoms with Crippen LogP contribution >= 0.6 is 11.8 Å². The van der Waals surface area contributed by atoms with E-state index in [1.165, 1.54) is 44.3 Å². The van der Waals surface area contributed by atoms with E-state index in [-0.39, 0.29) is 21.4 Å². The van der Waals surface area contributed by atoms with Gasteiger partial charge >= 0.3 is 0 Å². The van der Waals surface area contributed by atoms with Gasteiger partial charge in [0.05, 0.1) is 7.11 Å². The standard InChI is InChI=1S/C19H23N3O5S2/c1-21(2)19(24)28-15-9-7-14(8-10-15)20-18(23)13-6-11-16(27-5)17(12-13)29(25,26)22(3)4/h6-12H,1-5H3,(H,20,23). The maximum Gasteiger partial charge on any atom is 0.285 e. The van der Waals surface area contributed by atoms with Crippen LogP contribution in [-0.4, -0.2) is 64.1 Å². The minimum atomic E-state index is -3.78. The zero-order valence-electron chi connectivity index (χ0n) is 16.8. The van der Waals surface area contributed by atoms with Crippen molar-refractivity contribution in [3.8, 4) is 5.75 Å². The predicted molar refractivity (Wildman–Crippen MR) is 113 cm³/mol. The third kappa shape index (κ3) is 5.49. The minimum Gasteiger partial charge on any atom is -0.495 e. The van der Waals surface area contributed by atoms with Gasteiger partial charge in [-0.2, -0.15) is 0 Å². The lowest BCUT2D eigenvalue weighted by Crippen LogP contribution is -2.23. The van der Waals surface area contributed by atoms with E-state index in [2.05, 4.69) is 5.32 Å². The lowest BCUT2D eigenvalue weighted by molar-refractivity contribution is 0.102. The molecule has 0 aliphatic rings. The molecule has 2 aromatic rings. The van der Waals surface area contributed by atoms with Crippen molar-refractivity contribution in [3.05, 3.63) is 48.0 Å². The van der Waals surface area contributed by atoms with E-state index in [4.69, 9.17) is 4.74 Å². The van der Waals surface area contributed by atoms with E-state index in [1.54, 1.807) is 38.4 Å². The van der Waals surface area contributed by atoms with Crippen molar-refractivity contribution in [2.45, 2.75) is 9.79 Å². The number of benzene rings is 2. The molecule has 0 aromatic heterocycles. The fourth-order valence-corrected chi connectivity index (χ4v) is 3.95. The monoisotopic (exact) mass is 437 g/mol. The zero-order chi connectivity index (χ0) is 21.8. The van der Waals surface area contributed by atoms with Gasteiger partial charge in [0.15, 0.2) is 0 Å². The van der Waals surface area contributed by atoms with Crippen molar-refractivity contribution in [2.24, 2.45) is 0 Å². The van der Waals surface area contributed by atoms with Crippen LogP contribution in [0.25, 0.3) is 0 Å². The van der Waals surface area contributed by atoms with Gasteiger partial charge in [-0.25, -0.2) is 12.7 Å². The Kier molecular flexibility index (Phi) is 7.28. The summed E-state index contributed by atoms with van der Waals surface area (Å²) in [5.74, 6) is -0.310. The summed E-state index contributed by atoms with van der Waals surface area (Å²) in [6.07, 6.45) is 0. The van der Waals surface area contributed by atoms with Crippen LogP contribution in [0.15, 0.2) is 52.3 Å². The number of sulfonamides is 1. The molecule has 0 radical (unpaired) electrons. The summed E-state index contributed by atoms with van der Waals surface area (Å²) in [6.45, 7) is 0. The number of thioether (sulfide) groups is 1. The molecule has 10 heteroatoms. The third-order valence-electron chi connectivity index (χ3n) is 3.87. The van der Waals surface area contributed by atoms with E-state index in [0.29, 0.717) is 5.69 Å². The highest BCUT2D eigenvalue weighted by Crippen LogP contribution is 2.27. The van der Waals surface area contributed by atoms with E-state index in [9.17, 15) is 18.0 Å². The number of anilines is 1. The summed E-state index contributed by atoms with van der Waals surface area (Å²) in [7, 11) is 3.73. The molecule has 0 saturated heterocycles. The van der Waals surface area contributed by atoms with Gasteiger partial charge in [0.2, 0.25) is 10.0 Å². The van der Waals surface area contributed by atoms with Gasteiger partial charge in [0.25, 0.3) is 11.1 Å². The molecule has 156 valence electrons. The molecule has 1 N–H and O–H groups in total. The molecule has 2 amide bonds. The molecule has 0 saturated carbocycles. The summed E-state index contributed by atoms with van der Waals surface area (Å²) in [4.78, 5) is 26.4. The first-order valence-electron chi connectivity index (χ1n) is 8.47. The maximum absolute atomic E-state index is 12.6. The SMILES string of the molecule is COc1ccc(C(=O)Nc2ccc(SC(=O)N(C)C)cc2)cc1S(=O)(=O)N(C)C. The van der Waals surface area contributed by atoms with Gasteiger partial charge < -0.3 is 15.0 Å². The lowest BCUT2D eigenvalue weighted by atomic mass is 10.2. The molecule has 0 bridgehead atoms. The van der Waals surface area contributed by atoms with Crippen molar-refractivity contribution in [1.29, 1.82) is 0 Å². The predicted octanol–water partition coefficient (Wildman–Crippen LogP) is 2.97. The number of nitrogens with zero attached hydrogens (tertiary/aromatic N) is 2. The number of hydrogen-bond donors (Lipinski definition) is 1. The smallest absolute Gasteiger partial charge is 0.285 e. The molecule has 0 unspecified atom stereocenters. The maximum atomic E-state index is 12.6. The van der Waals surface area contributed by atoms with Gasteiger partial charge in [-0.15, -0.1) is 0 Å². The third-order valence-corrected chi connectivity index (χ3v) is 6.75. The molecular weight excluding hydrogens is 414 g/mol. The Hall–Kier alpha value is -2.56. The Morgan fingerprint density at radius 1 is 1.00 bits per heavy atom. The number of ether oxygens (including phenoxy) is 1. The largest absolute Gasteiger partial charge is 0.495 e. The molecule has 0 aliphatic heterocycles. The Morgan fingerprint density at radius 2 is 1.62 bits per heavy atom. The Labute approximate surface area is 174 Å². The number of hydrogen-bond acceptors (Lipinski definition) is 6. The second kappa shape index (κ2) is 9.29. The fraction of sp³-hybridized carbons (Fsp3) is 0.263. The van der Waals surface area contributed by atoms with Crippen LogP contribution in [0.5, 0.6) is 5.75 Å². The first-order valence-corrected chi connectivity index (χ1v) is 10.7. The molecule has 0 spiro atoms. The molecule has 0 aliphatic carbocycles. The molecule has 2 rings (SSSR count). The number of carbonyl (C=O) groups is 2. The molecular formula is C19H23N3O5S2. The number of rotatable bonds is 6. The first-order chi connectivity index (χ1) is 13.6. The quantitative estimate of drug-likeness (QED) is 0.698. The molecule has 2 aromatic carbocycles. The average molecular weight is 438 g/mol. The Balaban J connectivity index is 2.22. The molecule has 0 atom stereocenters. The van der Waals surface area contributed by atoms with Crippen LogP contribution in [-0.2, 0) is 10.0 Å². The molecule has 0 fully saturated rings. The summed E-state index contributed by atoms with van der Waals surface area (Å²) in [6, 6.07) is 11.0. The second-order valence-corrected chi connectivity index (χ2v) is 9.54. The summed E-state index contributed by atoms with van der Waals surface area (Å²) < 4.78 is 31.2. The van der Waals surface area contributed by atoms with E-state index in [1.807, 2.05) is 0 Å². The zero-order valence-corrected chi connectivity index (χ0v) is 18.4. The Morgan fingerprint density at radius 3 is 2.14 bits per heavy atom. The number of carbonyl (C=O) groups excluding carboxylic acids is 2. The van der Waals surface area contributed by atoms with Gasteiger partial charge in [0, 0.05) is 44.3 Å². The van der Waals surface area contributed by atoms with Crippen molar-refractivity contribution in [3.63, 3.8) is 0 Å². The number of methoxy groups -OCH3 is 1. The highest BCUT2D eigenvalue weighted by Gasteiger charge is 2.24. The van der Waals surface area contributed by atoms with Gasteiger partial charge in [-0.05, 0) is 54.2 Å². The van der Waals surface area contributed by atoms with Crippen LogP contribution in [0.3, 0.4) is 0 Å². The lowest BCUT2D eigenvalue weighted by Gasteiger charge is -2.15. The summed E-state index contributed by atoms with van der Waals surface area (Å²) in [5, 5.41) is 2.61. The van der Waals surface area contributed by atoms with Gasteiger partial charge in [0.1, 0.15) is 10.6 Å². The molecule has 8 nitrogen and oxygen atoms in total. The van der Waals surface area contributed by atoms with E-state index in [0.717, 1.165) is 21.0 Å². The van der Waals surface area contributed by atoms with Crippen molar-refractivity contribution >= 4 is 38.6 Å². The topological polar surface area (TPSA) is 96.0 Å². The van der Waals surface area contributed by atoms with Crippen LogP contribution in [0.1, 0.15) is 10.4 Å². The highest BCUT2D eigenvalue weighted by atomic mass is 32.2. The van der Waals surface area contributed by atoms with Gasteiger partial charge in [-0.3, -0.25) is 9.59 Å². The minimum absolute atomic E-state index is 0.0911. The van der Waals surface area contributed by atoms with E-state index < -0.39 is 15.9 Å². The highest BCUT2D eigenvalue weighted by molar-refractivity contribution is 8.13. The van der Waals surface area contributed by atoms with Crippen LogP contribution in [0.2, 0.25) is 0 Å². The summed E-state index contributed by atoms with van der Waals surface area (Å²) in [5.41, 5.74) is 0.692. The normalized spacial score (nSPS) is 11.2. The van der Waals surface area contributed by atoms with Crippen molar-refractivity contribution in [2.75, 3.05) is 40.6 Å². The van der Waals surface area contributed by atoms with Crippen LogP contribution in [0.4, 0.5) is 10.5 Å². The van der Waals surface area contributed by atoms with Crippen LogP contribution in [0, 0.1) is 0 Å². The number of amides is 2. The van der Waals surface area contributed by atoms with E-state index >= 15 is 0 Å². The molecule has 0 heterocycles. The molecule has 29 heavy (non-hydrogen) atoms. The van der Waals surface area contributed by atoms with Crippen molar-refractivity contribution in [1.82, 2.24) is 9.21 Å². The second-order valence-electron chi connectivity index (χ2n) is 6.39. The van der Waals surface area contributed by atoms with Crippen LogP contribution < -0.4 is 10.1 Å². The van der Waals surface area contributed by atoms with Crippen molar-refractivity contribution < 1.29 is 22.7 Å². The number of nitrogens with one attached hydrogen (secondary N) is 1. The Bertz CT molecular complexity index is 1000. The first kappa shape index (κ1) is 22.7. The summed E-state index contributed by atoms with van der Waals surface area (Å²) >= 11 is 1.08. The van der Waals surface area contributed by atoms with Gasteiger partial charge in [-0.1, -0.05) is 0 Å².